The molecule has 0 bridgehead atoms. The van der Waals surface area contributed by atoms with Crippen LogP contribution in [-0.2, 0) is 17.8 Å². The second-order valence-corrected chi connectivity index (χ2v) is 5.26. The van der Waals surface area contributed by atoms with Crippen LogP contribution in [0.15, 0.2) is 36.4 Å². The zero-order chi connectivity index (χ0) is 17.7. The van der Waals surface area contributed by atoms with Crippen molar-refractivity contribution in [3.63, 3.8) is 0 Å². The summed E-state index contributed by atoms with van der Waals surface area (Å²) in [6.45, 7) is 0.269. The first-order valence-corrected chi connectivity index (χ1v) is 7.19. The van der Waals surface area contributed by atoms with E-state index in [1.165, 1.54) is 24.3 Å². The quantitative estimate of drug-likeness (QED) is 0.513. The van der Waals surface area contributed by atoms with Crippen LogP contribution in [0.25, 0.3) is 0 Å². The maximum atomic E-state index is 11.8. The summed E-state index contributed by atoms with van der Waals surface area (Å²) in [5.74, 6) is -2.71. The Hall–Kier alpha value is -3.22. The number of phenolic OH excluding ortho intramolecular Hbond substituents is 3. The van der Waals surface area contributed by atoms with Crippen LogP contribution in [0, 0.1) is 0 Å². The summed E-state index contributed by atoms with van der Waals surface area (Å²) in [4.78, 5) is 22.6. The molecule has 0 unspecified atom stereocenters. The Kier molecular flexibility index (Phi) is 5.26. The van der Waals surface area contributed by atoms with Crippen molar-refractivity contribution in [1.82, 2.24) is 5.32 Å². The van der Waals surface area contributed by atoms with Gasteiger partial charge in [-0.1, -0.05) is 12.1 Å². The van der Waals surface area contributed by atoms with Crippen LogP contribution in [0.3, 0.4) is 0 Å². The van der Waals surface area contributed by atoms with E-state index in [2.05, 4.69) is 5.32 Å². The lowest BCUT2D eigenvalue weighted by Gasteiger charge is -2.07. The number of carboxylic acids is 1. The average molecular weight is 331 g/mol. The summed E-state index contributed by atoms with van der Waals surface area (Å²) >= 11 is 0. The third kappa shape index (κ3) is 4.39. The number of benzene rings is 2. The molecule has 7 nitrogen and oxygen atoms in total. The standard InChI is InChI=1S/C17H17NO6/c19-13-7-11(8-14(20)16(13)22)3-6-15(21)18-9-10-1-4-12(5-2-10)17(23)24/h1-2,4-5,7-8,19-20,22H,3,6,9H2,(H,18,21)(H,23,24). The first-order valence-electron chi connectivity index (χ1n) is 7.19. The highest BCUT2D eigenvalue weighted by Gasteiger charge is 2.10. The van der Waals surface area contributed by atoms with Gasteiger partial charge in [0.05, 0.1) is 5.56 Å². The minimum absolute atomic E-state index is 0.136. The minimum Gasteiger partial charge on any atom is -0.504 e. The lowest BCUT2D eigenvalue weighted by atomic mass is 10.1. The summed E-state index contributed by atoms with van der Waals surface area (Å²) in [6.07, 6.45) is 0.419. The molecule has 0 aliphatic heterocycles. The zero-order valence-corrected chi connectivity index (χ0v) is 12.7. The number of hydrogen-bond acceptors (Lipinski definition) is 5. The Morgan fingerprint density at radius 2 is 1.50 bits per heavy atom. The molecular weight excluding hydrogens is 314 g/mol. The molecule has 0 atom stereocenters. The predicted molar refractivity (Wildman–Crippen MR) is 85.0 cm³/mol. The van der Waals surface area contributed by atoms with Crippen molar-refractivity contribution in [2.45, 2.75) is 19.4 Å². The van der Waals surface area contributed by atoms with Gasteiger partial charge in [0.1, 0.15) is 0 Å². The van der Waals surface area contributed by atoms with E-state index in [0.717, 1.165) is 5.56 Å². The third-order valence-corrected chi connectivity index (χ3v) is 3.46. The van der Waals surface area contributed by atoms with Crippen LogP contribution in [0.1, 0.15) is 27.9 Å². The van der Waals surface area contributed by atoms with Gasteiger partial charge < -0.3 is 25.7 Å². The Balaban J connectivity index is 1.84. The fourth-order valence-corrected chi connectivity index (χ4v) is 2.12. The molecule has 0 radical (unpaired) electrons. The molecule has 0 fully saturated rings. The molecule has 7 heteroatoms. The topological polar surface area (TPSA) is 127 Å². The highest BCUT2D eigenvalue weighted by Crippen LogP contribution is 2.35. The molecular formula is C17H17NO6. The minimum atomic E-state index is -1.01. The molecule has 0 heterocycles. The smallest absolute Gasteiger partial charge is 0.335 e. The van der Waals surface area contributed by atoms with E-state index in [9.17, 15) is 24.9 Å². The van der Waals surface area contributed by atoms with Gasteiger partial charge in [-0.3, -0.25) is 4.79 Å². The molecule has 24 heavy (non-hydrogen) atoms. The number of aromatic carboxylic acids is 1. The van der Waals surface area contributed by atoms with Gasteiger partial charge in [0, 0.05) is 13.0 Å². The molecule has 0 saturated heterocycles. The number of rotatable bonds is 6. The van der Waals surface area contributed by atoms with E-state index in [4.69, 9.17) is 5.11 Å². The maximum Gasteiger partial charge on any atom is 0.335 e. The third-order valence-electron chi connectivity index (χ3n) is 3.46. The summed E-state index contributed by atoms with van der Waals surface area (Å²) < 4.78 is 0. The number of phenols is 3. The van der Waals surface area contributed by atoms with Crippen molar-refractivity contribution < 1.29 is 30.0 Å². The normalized spacial score (nSPS) is 10.3. The monoisotopic (exact) mass is 331 g/mol. The molecule has 2 rings (SSSR count). The van der Waals surface area contributed by atoms with Gasteiger partial charge in [0.2, 0.25) is 5.91 Å². The van der Waals surface area contributed by atoms with Crippen LogP contribution in [0.4, 0.5) is 0 Å². The number of amides is 1. The van der Waals surface area contributed by atoms with E-state index >= 15 is 0 Å². The Morgan fingerprint density at radius 1 is 0.917 bits per heavy atom. The summed E-state index contributed by atoms with van der Waals surface area (Å²) in [5, 5.41) is 39.6. The summed E-state index contributed by atoms with van der Waals surface area (Å²) in [7, 11) is 0. The highest BCUT2D eigenvalue weighted by molar-refractivity contribution is 5.87. The Labute approximate surface area is 137 Å². The molecule has 5 N–H and O–H groups in total. The Morgan fingerprint density at radius 3 is 2.04 bits per heavy atom. The number of nitrogens with one attached hydrogen (secondary N) is 1. The first-order chi connectivity index (χ1) is 11.4. The number of aromatic hydroxyl groups is 3. The van der Waals surface area contributed by atoms with Crippen molar-refractivity contribution in [2.75, 3.05) is 0 Å². The van der Waals surface area contributed by atoms with E-state index in [1.54, 1.807) is 12.1 Å². The molecule has 0 aromatic heterocycles. The highest BCUT2D eigenvalue weighted by atomic mass is 16.4. The van der Waals surface area contributed by atoms with E-state index in [-0.39, 0.29) is 30.9 Å². The number of hydrogen-bond donors (Lipinski definition) is 5. The average Bonchev–Trinajstić information content (AvgIpc) is 2.56. The van der Waals surface area contributed by atoms with Gasteiger partial charge in [-0.15, -0.1) is 0 Å². The van der Waals surface area contributed by atoms with Crippen molar-refractivity contribution in [3.8, 4) is 17.2 Å². The largest absolute Gasteiger partial charge is 0.504 e. The van der Waals surface area contributed by atoms with Gasteiger partial charge in [-0.25, -0.2) is 4.79 Å². The van der Waals surface area contributed by atoms with Crippen LogP contribution >= 0.6 is 0 Å². The molecule has 2 aromatic carbocycles. The lowest BCUT2D eigenvalue weighted by Crippen LogP contribution is -2.23. The molecule has 2 aromatic rings. The first kappa shape index (κ1) is 17.1. The molecule has 0 spiro atoms. The van der Waals surface area contributed by atoms with Crippen LogP contribution in [0.5, 0.6) is 17.2 Å². The molecule has 1 amide bonds. The van der Waals surface area contributed by atoms with E-state index in [1.807, 2.05) is 0 Å². The fourth-order valence-electron chi connectivity index (χ4n) is 2.12. The van der Waals surface area contributed by atoms with Crippen LogP contribution < -0.4 is 5.32 Å². The fraction of sp³-hybridized carbons (Fsp3) is 0.176. The zero-order valence-electron chi connectivity index (χ0n) is 12.7. The van der Waals surface area contributed by atoms with E-state index in [0.29, 0.717) is 5.56 Å². The second kappa shape index (κ2) is 7.36. The van der Waals surface area contributed by atoms with Crippen molar-refractivity contribution in [3.05, 3.63) is 53.1 Å². The molecule has 0 saturated carbocycles. The molecule has 0 aliphatic carbocycles. The molecule has 0 aliphatic rings. The SMILES string of the molecule is O=C(CCc1cc(O)c(O)c(O)c1)NCc1ccc(C(=O)O)cc1. The number of aryl methyl sites for hydroxylation is 1. The van der Waals surface area contributed by atoms with Crippen molar-refractivity contribution >= 4 is 11.9 Å². The number of carbonyl (C=O) groups excluding carboxylic acids is 1. The predicted octanol–water partition coefficient (Wildman–Crippen LogP) is 1.75. The number of carbonyl (C=O) groups is 2. The van der Waals surface area contributed by atoms with E-state index < -0.39 is 23.2 Å². The van der Waals surface area contributed by atoms with Gasteiger partial charge in [-0.05, 0) is 41.8 Å². The maximum absolute atomic E-state index is 11.8. The Bertz CT molecular complexity index is 731. The van der Waals surface area contributed by atoms with Gasteiger partial charge >= 0.3 is 5.97 Å². The summed E-state index contributed by atoms with van der Waals surface area (Å²) in [6, 6.07) is 8.75. The van der Waals surface area contributed by atoms with Gasteiger partial charge in [-0.2, -0.15) is 0 Å². The van der Waals surface area contributed by atoms with Crippen molar-refractivity contribution in [2.24, 2.45) is 0 Å². The second-order valence-electron chi connectivity index (χ2n) is 5.26. The molecule has 126 valence electrons. The van der Waals surface area contributed by atoms with Gasteiger partial charge in [0.15, 0.2) is 17.2 Å². The summed E-state index contributed by atoms with van der Waals surface area (Å²) in [5.41, 5.74) is 1.47. The number of carboxylic acid groups (broad SMARTS) is 1. The van der Waals surface area contributed by atoms with Gasteiger partial charge in [0.25, 0.3) is 0 Å². The van der Waals surface area contributed by atoms with Crippen LogP contribution in [-0.4, -0.2) is 32.3 Å². The lowest BCUT2D eigenvalue weighted by molar-refractivity contribution is -0.121. The van der Waals surface area contributed by atoms with Crippen molar-refractivity contribution in [1.29, 1.82) is 0 Å². The van der Waals surface area contributed by atoms with Crippen LogP contribution in [0.2, 0.25) is 0 Å².